The predicted octanol–water partition coefficient (Wildman–Crippen LogP) is 4.33. The lowest BCUT2D eigenvalue weighted by Gasteiger charge is -2.34. The van der Waals surface area contributed by atoms with Gasteiger partial charge in [0.25, 0.3) is 0 Å². The van der Waals surface area contributed by atoms with Crippen LogP contribution in [0.3, 0.4) is 0 Å². The van der Waals surface area contributed by atoms with Crippen molar-refractivity contribution in [3.8, 4) is 0 Å². The van der Waals surface area contributed by atoms with Gasteiger partial charge in [-0.25, -0.2) is 4.39 Å². The first-order chi connectivity index (χ1) is 8.79. The molecule has 1 aliphatic carbocycles. The minimum absolute atomic E-state index is 0.186. The highest BCUT2D eigenvalue weighted by Gasteiger charge is 2.36. The number of benzene rings is 1. The molecule has 18 heavy (non-hydrogen) atoms. The Balaban J connectivity index is 1.90. The van der Waals surface area contributed by atoms with Crippen LogP contribution in [0.2, 0.25) is 0 Å². The molecule has 2 atom stereocenters. The van der Waals surface area contributed by atoms with E-state index in [9.17, 15) is 4.39 Å². The molecule has 0 spiro atoms. The fourth-order valence-electron chi connectivity index (χ4n) is 3.65. The lowest BCUT2D eigenvalue weighted by atomic mass is 9.85. The molecule has 3 rings (SSSR count). The maximum Gasteiger partial charge on any atom is 0.123 e. The van der Waals surface area contributed by atoms with Crippen molar-refractivity contribution in [3.63, 3.8) is 0 Å². The summed E-state index contributed by atoms with van der Waals surface area (Å²) in [6.07, 6.45) is 6.63. The number of anilines is 1. The fraction of sp³-hybridized carbons (Fsp3) is 0.600. The van der Waals surface area contributed by atoms with Crippen LogP contribution in [0.1, 0.15) is 37.7 Å². The average molecular weight is 268 g/mol. The van der Waals surface area contributed by atoms with E-state index in [-0.39, 0.29) is 5.82 Å². The van der Waals surface area contributed by atoms with Crippen LogP contribution in [0, 0.1) is 11.7 Å². The topological polar surface area (TPSA) is 3.24 Å². The summed E-state index contributed by atoms with van der Waals surface area (Å²) in [4.78, 5) is 2.47. The molecule has 1 aromatic carbocycles. The zero-order valence-corrected chi connectivity index (χ0v) is 11.3. The number of fused-ring (bicyclic) bond motifs is 1. The first-order valence-corrected chi connectivity index (χ1v) is 7.44. The van der Waals surface area contributed by atoms with Crippen molar-refractivity contribution in [1.29, 1.82) is 0 Å². The summed E-state index contributed by atoms with van der Waals surface area (Å²) in [6.45, 7) is 1.10. The maximum atomic E-state index is 13.3. The van der Waals surface area contributed by atoms with Crippen molar-refractivity contribution in [1.82, 2.24) is 0 Å². The molecule has 0 aromatic heterocycles. The van der Waals surface area contributed by atoms with Crippen LogP contribution in [0.4, 0.5) is 10.1 Å². The largest absolute Gasteiger partial charge is 0.368 e. The fourth-order valence-corrected chi connectivity index (χ4v) is 3.86. The minimum atomic E-state index is -0.186. The molecule has 0 N–H and O–H groups in total. The van der Waals surface area contributed by atoms with Crippen molar-refractivity contribution in [3.05, 3.63) is 29.6 Å². The number of hydrogen-bond acceptors (Lipinski definition) is 1. The number of rotatable bonds is 2. The summed E-state index contributed by atoms with van der Waals surface area (Å²) >= 11 is 5.96. The van der Waals surface area contributed by atoms with Crippen LogP contribution in [0.15, 0.2) is 18.2 Å². The standard InChI is InChI=1S/C15H19ClFN/c16-10-12-9-13(17)5-6-15(12)18-8-7-11-3-1-2-4-14(11)18/h5-6,9,11,14H,1-4,7-8,10H2. The van der Waals surface area contributed by atoms with Crippen molar-refractivity contribution in [2.45, 2.75) is 44.0 Å². The van der Waals surface area contributed by atoms with Crippen molar-refractivity contribution >= 4 is 17.3 Å². The van der Waals surface area contributed by atoms with E-state index in [1.807, 2.05) is 6.07 Å². The van der Waals surface area contributed by atoms with E-state index in [0.29, 0.717) is 11.9 Å². The van der Waals surface area contributed by atoms with Gasteiger partial charge in [-0.15, -0.1) is 11.6 Å². The molecule has 0 radical (unpaired) electrons. The third kappa shape index (κ3) is 2.11. The van der Waals surface area contributed by atoms with Crippen molar-refractivity contribution in [2.75, 3.05) is 11.4 Å². The third-order valence-electron chi connectivity index (χ3n) is 4.51. The Morgan fingerprint density at radius 2 is 2.06 bits per heavy atom. The molecule has 1 aliphatic heterocycles. The van der Waals surface area contributed by atoms with Crippen LogP contribution in [0.5, 0.6) is 0 Å². The second kappa shape index (κ2) is 5.08. The number of halogens is 2. The SMILES string of the molecule is Fc1ccc(N2CCC3CCCCC32)c(CCl)c1. The summed E-state index contributed by atoms with van der Waals surface area (Å²) in [5.41, 5.74) is 2.09. The van der Waals surface area contributed by atoms with Gasteiger partial charge < -0.3 is 4.90 Å². The van der Waals surface area contributed by atoms with Gasteiger partial charge in [-0.3, -0.25) is 0 Å². The van der Waals surface area contributed by atoms with Gasteiger partial charge in [0.1, 0.15) is 5.82 Å². The van der Waals surface area contributed by atoms with Crippen LogP contribution in [-0.4, -0.2) is 12.6 Å². The maximum absolute atomic E-state index is 13.3. The lowest BCUT2D eigenvalue weighted by molar-refractivity contribution is 0.342. The van der Waals surface area contributed by atoms with Crippen molar-refractivity contribution < 1.29 is 4.39 Å². The average Bonchev–Trinajstić information content (AvgIpc) is 2.82. The Bertz CT molecular complexity index is 435. The summed E-state index contributed by atoms with van der Waals surface area (Å²) in [7, 11) is 0. The zero-order valence-electron chi connectivity index (χ0n) is 10.5. The minimum Gasteiger partial charge on any atom is -0.368 e. The van der Waals surface area contributed by atoms with Gasteiger partial charge in [-0.05, 0) is 48.9 Å². The first-order valence-electron chi connectivity index (χ1n) is 6.90. The summed E-state index contributed by atoms with van der Waals surface area (Å²) in [6, 6.07) is 5.70. The second-order valence-electron chi connectivity index (χ2n) is 5.50. The van der Waals surface area contributed by atoms with Crippen LogP contribution in [0.25, 0.3) is 0 Å². The highest BCUT2D eigenvalue weighted by Crippen LogP contribution is 2.40. The van der Waals surface area contributed by atoms with Crippen molar-refractivity contribution in [2.24, 2.45) is 5.92 Å². The van der Waals surface area contributed by atoms with E-state index in [1.165, 1.54) is 32.1 Å². The van der Waals surface area contributed by atoms with Gasteiger partial charge in [0, 0.05) is 24.2 Å². The summed E-state index contributed by atoms with van der Waals surface area (Å²) in [5.74, 6) is 1.04. The molecule has 1 saturated carbocycles. The number of nitrogens with zero attached hydrogens (tertiary/aromatic N) is 1. The number of alkyl halides is 1. The van der Waals surface area contributed by atoms with E-state index in [2.05, 4.69) is 4.90 Å². The Labute approximate surface area is 113 Å². The van der Waals surface area contributed by atoms with Crippen LogP contribution >= 0.6 is 11.6 Å². The Hall–Kier alpha value is -0.760. The normalized spacial score (nSPS) is 27.3. The summed E-state index contributed by atoms with van der Waals surface area (Å²) < 4.78 is 13.3. The molecule has 0 bridgehead atoms. The van der Waals surface area contributed by atoms with E-state index >= 15 is 0 Å². The molecule has 1 nitrogen and oxygen atoms in total. The number of hydrogen-bond donors (Lipinski definition) is 0. The van der Waals surface area contributed by atoms with Crippen LogP contribution < -0.4 is 4.90 Å². The van der Waals surface area contributed by atoms with E-state index in [0.717, 1.165) is 23.7 Å². The third-order valence-corrected chi connectivity index (χ3v) is 4.79. The molecular weight excluding hydrogens is 249 g/mol. The highest BCUT2D eigenvalue weighted by atomic mass is 35.5. The molecule has 2 aliphatic rings. The molecule has 1 aromatic rings. The van der Waals surface area contributed by atoms with Crippen LogP contribution in [-0.2, 0) is 5.88 Å². The highest BCUT2D eigenvalue weighted by molar-refractivity contribution is 6.17. The quantitative estimate of drug-likeness (QED) is 0.721. The monoisotopic (exact) mass is 267 g/mol. The molecule has 1 saturated heterocycles. The second-order valence-corrected chi connectivity index (χ2v) is 5.77. The van der Waals surface area contributed by atoms with E-state index in [1.54, 1.807) is 12.1 Å². The van der Waals surface area contributed by atoms with E-state index < -0.39 is 0 Å². The van der Waals surface area contributed by atoms with Gasteiger partial charge in [0.2, 0.25) is 0 Å². The lowest BCUT2D eigenvalue weighted by Crippen LogP contribution is -2.35. The van der Waals surface area contributed by atoms with Gasteiger partial charge in [0.15, 0.2) is 0 Å². The molecule has 2 fully saturated rings. The Morgan fingerprint density at radius 3 is 2.89 bits per heavy atom. The first kappa shape index (κ1) is 12.3. The Morgan fingerprint density at radius 1 is 1.22 bits per heavy atom. The van der Waals surface area contributed by atoms with Gasteiger partial charge >= 0.3 is 0 Å². The molecule has 2 unspecified atom stereocenters. The van der Waals surface area contributed by atoms with Gasteiger partial charge in [-0.2, -0.15) is 0 Å². The van der Waals surface area contributed by atoms with Gasteiger partial charge in [0.05, 0.1) is 0 Å². The molecule has 1 heterocycles. The predicted molar refractivity (Wildman–Crippen MR) is 73.7 cm³/mol. The molecule has 98 valence electrons. The summed E-state index contributed by atoms with van der Waals surface area (Å²) in [5, 5.41) is 0. The Kier molecular flexibility index (Phi) is 3.47. The molecule has 0 amide bonds. The molecule has 3 heteroatoms. The van der Waals surface area contributed by atoms with E-state index in [4.69, 9.17) is 11.6 Å². The van der Waals surface area contributed by atoms with Gasteiger partial charge in [-0.1, -0.05) is 12.8 Å². The smallest absolute Gasteiger partial charge is 0.123 e. The molecular formula is C15H19ClFN. The zero-order chi connectivity index (χ0) is 12.5.